The quantitative estimate of drug-likeness (QED) is 0.867. The summed E-state index contributed by atoms with van der Waals surface area (Å²) in [4.78, 5) is 25.4. The van der Waals surface area contributed by atoms with Crippen molar-refractivity contribution in [1.29, 1.82) is 0 Å². The van der Waals surface area contributed by atoms with E-state index >= 15 is 0 Å². The molecule has 1 N–H and O–H groups in total. The number of aryl methyl sites for hydroxylation is 1. The number of carbonyl (C=O) groups excluding carboxylic acids is 2. The van der Waals surface area contributed by atoms with Crippen LogP contribution in [0.15, 0.2) is 24.3 Å². The molecule has 1 aromatic rings. The Morgan fingerprint density at radius 1 is 1.30 bits per heavy atom. The number of amides is 2. The summed E-state index contributed by atoms with van der Waals surface area (Å²) in [7, 11) is 0. The fourth-order valence-electron chi connectivity index (χ4n) is 2.12. The van der Waals surface area contributed by atoms with E-state index in [-0.39, 0.29) is 17.9 Å². The Kier molecular flexibility index (Phi) is 6.22. The zero-order valence-corrected chi connectivity index (χ0v) is 12.8. The second-order valence-electron chi connectivity index (χ2n) is 5.04. The van der Waals surface area contributed by atoms with Crippen LogP contribution in [0.4, 0.5) is 0 Å². The Balaban J connectivity index is 2.53. The van der Waals surface area contributed by atoms with Crippen LogP contribution in [0.5, 0.6) is 0 Å². The number of carbonyl (C=O) groups is 2. The van der Waals surface area contributed by atoms with Crippen LogP contribution < -0.4 is 5.32 Å². The van der Waals surface area contributed by atoms with Crippen molar-refractivity contribution >= 4 is 11.8 Å². The molecule has 0 saturated heterocycles. The zero-order chi connectivity index (χ0) is 15.1. The first-order chi connectivity index (χ1) is 9.47. The van der Waals surface area contributed by atoms with Crippen molar-refractivity contribution in [3.63, 3.8) is 0 Å². The van der Waals surface area contributed by atoms with Gasteiger partial charge in [0.2, 0.25) is 5.91 Å². The minimum Gasteiger partial charge on any atom is -0.350 e. The molecule has 1 aromatic carbocycles. The molecule has 0 spiro atoms. The SMILES string of the molecule is CCC(C)N(CCNC(=O)c1ccccc1C)C(C)=O. The van der Waals surface area contributed by atoms with Crippen LogP contribution in [-0.2, 0) is 4.79 Å². The van der Waals surface area contributed by atoms with Crippen molar-refractivity contribution in [1.82, 2.24) is 10.2 Å². The van der Waals surface area contributed by atoms with Crippen LogP contribution >= 0.6 is 0 Å². The lowest BCUT2D eigenvalue weighted by molar-refractivity contribution is -0.130. The highest BCUT2D eigenvalue weighted by atomic mass is 16.2. The first-order valence-electron chi connectivity index (χ1n) is 7.08. The Morgan fingerprint density at radius 3 is 2.50 bits per heavy atom. The lowest BCUT2D eigenvalue weighted by Gasteiger charge is -2.27. The molecule has 1 unspecified atom stereocenters. The summed E-state index contributed by atoms with van der Waals surface area (Å²) in [6, 6.07) is 7.68. The maximum Gasteiger partial charge on any atom is 0.251 e. The monoisotopic (exact) mass is 276 g/mol. The van der Waals surface area contributed by atoms with E-state index in [4.69, 9.17) is 0 Å². The summed E-state index contributed by atoms with van der Waals surface area (Å²) in [5, 5.41) is 2.87. The van der Waals surface area contributed by atoms with Crippen molar-refractivity contribution in [3.8, 4) is 0 Å². The van der Waals surface area contributed by atoms with Crippen LogP contribution in [-0.4, -0.2) is 35.8 Å². The molecule has 0 saturated carbocycles. The number of hydrogen-bond donors (Lipinski definition) is 1. The minimum atomic E-state index is -0.0873. The van der Waals surface area contributed by atoms with Crippen molar-refractivity contribution in [3.05, 3.63) is 35.4 Å². The molecule has 0 aliphatic heterocycles. The minimum absolute atomic E-state index is 0.0458. The van der Waals surface area contributed by atoms with Crippen LogP contribution in [0, 0.1) is 6.92 Å². The van der Waals surface area contributed by atoms with E-state index in [0.717, 1.165) is 12.0 Å². The maximum absolute atomic E-state index is 12.0. The van der Waals surface area contributed by atoms with E-state index in [0.29, 0.717) is 18.7 Å². The lowest BCUT2D eigenvalue weighted by Crippen LogP contribution is -2.42. The standard InChI is InChI=1S/C16H24N2O2/c1-5-13(3)18(14(4)19)11-10-17-16(20)15-9-7-6-8-12(15)2/h6-9,13H,5,10-11H2,1-4H3,(H,17,20). The van der Waals surface area contributed by atoms with Crippen molar-refractivity contribution in [2.75, 3.05) is 13.1 Å². The molecule has 0 fully saturated rings. The molecule has 0 bridgehead atoms. The van der Waals surface area contributed by atoms with E-state index < -0.39 is 0 Å². The molecule has 2 amide bonds. The van der Waals surface area contributed by atoms with Gasteiger partial charge in [-0.05, 0) is 31.9 Å². The number of hydrogen-bond acceptors (Lipinski definition) is 2. The Bertz CT molecular complexity index is 471. The predicted octanol–water partition coefficient (Wildman–Crippen LogP) is 2.37. The normalized spacial score (nSPS) is 11.8. The average Bonchev–Trinajstić information content (AvgIpc) is 2.42. The molecule has 0 aliphatic rings. The van der Waals surface area contributed by atoms with Crippen LogP contribution in [0.3, 0.4) is 0 Å². The third-order valence-corrected chi connectivity index (χ3v) is 3.56. The highest BCUT2D eigenvalue weighted by Gasteiger charge is 2.15. The van der Waals surface area contributed by atoms with Crippen LogP contribution in [0.2, 0.25) is 0 Å². The number of nitrogens with one attached hydrogen (secondary N) is 1. The summed E-state index contributed by atoms with van der Waals surface area (Å²) >= 11 is 0. The number of nitrogens with zero attached hydrogens (tertiary/aromatic N) is 1. The Hall–Kier alpha value is -1.84. The molecule has 4 nitrogen and oxygen atoms in total. The molecule has 0 heterocycles. The molecule has 1 atom stereocenters. The van der Waals surface area contributed by atoms with Gasteiger partial charge in [-0.3, -0.25) is 9.59 Å². The van der Waals surface area contributed by atoms with Gasteiger partial charge in [0.1, 0.15) is 0 Å². The van der Waals surface area contributed by atoms with Crippen LogP contribution in [0.25, 0.3) is 0 Å². The van der Waals surface area contributed by atoms with Gasteiger partial charge in [0.15, 0.2) is 0 Å². The van der Waals surface area contributed by atoms with Gasteiger partial charge < -0.3 is 10.2 Å². The molecular weight excluding hydrogens is 252 g/mol. The van der Waals surface area contributed by atoms with E-state index in [2.05, 4.69) is 5.32 Å². The molecule has 4 heteroatoms. The van der Waals surface area contributed by atoms with E-state index in [1.54, 1.807) is 11.8 Å². The van der Waals surface area contributed by atoms with Crippen molar-refractivity contribution < 1.29 is 9.59 Å². The highest BCUT2D eigenvalue weighted by molar-refractivity contribution is 5.95. The lowest BCUT2D eigenvalue weighted by atomic mass is 10.1. The largest absolute Gasteiger partial charge is 0.350 e. The van der Waals surface area contributed by atoms with Gasteiger partial charge in [-0.1, -0.05) is 25.1 Å². The molecule has 0 aliphatic carbocycles. The third-order valence-electron chi connectivity index (χ3n) is 3.56. The molecule has 1 rings (SSSR count). The zero-order valence-electron chi connectivity index (χ0n) is 12.8. The van der Waals surface area contributed by atoms with E-state index in [9.17, 15) is 9.59 Å². The third kappa shape index (κ3) is 4.37. The van der Waals surface area contributed by atoms with Gasteiger partial charge in [0.25, 0.3) is 5.91 Å². The fourth-order valence-corrected chi connectivity index (χ4v) is 2.12. The second kappa shape index (κ2) is 7.68. The van der Waals surface area contributed by atoms with Gasteiger partial charge >= 0.3 is 0 Å². The summed E-state index contributed by atoms with van der Waals surface area (Å²) in [6.07, 6.45) is 0.908. The van der Waals surface area contributed by atoms with Crippen molar-refractivity contribution in [2.24, 2.45) is 0 Å². The highest BCUT2D eigenvalue weighted by Crippen LogP contribution is 2.07. The summed E-state index contributed by atoms with van der Waals surface area (Å²) in [5.74, 6) is -0.0414. The van der Waals surface area contributed by atoms with Gasteiger partial charge in [-0.25, -0.2) is 0 Å². The van der Waals surface area contributed by atoms with E-state index in [1.165, 1.54) is 0 Å². The maximum atomic E-state index is 12.0. The number of rotatable bonds is 6. The van der Waals surface area contributed by atoms with Crippen molar-refractivity contribution in [2.45, 2.75) is 40.2 Å². The first-order valence-corrected chi connectivity index (χ1v) is 7.08. The molecule has 0 aromatic heterocycles. The first kappa shape index (κ1) is 16.2. The molecule has 110 valence electrons. The van der Waals surface area contributed by atoms with Gasteiger partial charge in [-0.15, -0.1) is 0 Å². The average molecular weight is 276 g/mol. The Morgan fingerprint density at radius 2 is 1.95 bits per heavy atom. The van der Waals surface area contributed by atoms with Crippen LogP contribution in [0.1, 0.15) is 43.1 Å². The fraction of sp³-hybridized carbons (Fsp3) is 0.500. The topological polar surface area (TPSA) is 49.4 Å². The summed E-state index contributed by atoms with van der Waals surface area (Å²) in [5.41, 5.74) is 1.64. The summed E-state index contributed by atoms with van der Waals surface area (Å²) in [6.45, 7) is 8.56. The van der Waals surface area contributed by atoms with Gasteiger partial charge in [0.05, 0.1) is 0 Å². The molecule has 0 radical (unpaired) electrons. The molecule has 20 heavy (non-hydrogen) atoms. The van der Waals surface area contributed by atoms with Gasteiger partial charge in [0, 0.05) is 31.6 Å². The molecular formula is C16H24N2O2. The predicted molar refractivity (Wildman–Crippen MR) is 80.7 cm³/mol. The smallest absolute Gasteiger partial charge is 0.251 e. The van der Waals surface area contributed by atoms with E-state index in [1.807, 2.05) is 45.0 Å². The van der Waals surface area contributed by atoms with Gasteiger partial charge in [-0.2, -0.15) is 0 Å². The second-order valence-corrected chi connectivity index (χ2v) is 5.04. The number of benzene rings is 1. The Labute approximate surface area is 121 Å². The summed E-state index contributed by atoms with van der Waals surface area (Å²) < 4.78 is 0.